The Hall–Kier alpha value is -1.06. The summed E-state index contributed by atoms with van der Waals surface area (Å²) in [5, 5.41) is 2.95. The van der Waals surface area contributed by atoms with E-state index in [1.54, 1.807) is 0 Å². The molecule has 1 N–H and O–H groups in total. The molecule has 4 heteroatoms. The predicted molar refractivity (Wildman–Crippen MR) is 79.2 cm³/mol. The van der Waals surface area contributed by atoms with Crippen molar-refractivity contribution in [1.29, 1.82) is 0 Å². The van der Waals surface area contributed by atoms with E-state index in [1.165, 1.54) is 25.7 Å². The van der Waals surface area contributed by atoms with E-state index in [2.05, 4.69) is 12.2 Å². The molecule has 0 aromatic rings. The van der Waals surface area contributed by atoms with Crippen LogP contribution in [0.2, 0.25) is 0 Å². The molecule has 4 nitrogen and oxygen atoms in total. The third-order valence-corrected chi connectivity index (χ3v) is 5.29. The summed E-state index contributed by atoms with van der Waals surface area (Å²) < 4.78 is 0. The Morgan fingerprint density at radius 2 is 1.80 bits per heavy atom. The molecule has 1 aliphatic carbocycles. The Morgan fingerprint density at radius 3 is 2.45 bits per heavy atom. The molecule has 2 aliphatic rings. The highest BCUT2D eigenvalue weighted by atomic mass is 16.2. The van der Waals surface area contributed by atoms with Crippen LogP contribution in [-0.2, 0) is 9.59 Å². The van der Waals surface area contributed by atoms with Crippen molar-refractivity contribution < 1.29 is 9.59 Å². The maximum absolute atomic E-state index is 12.9. The Kier molecular flexibility index (Phi) is 4.71. The third-order valence-electron chi connectivity index (χ3n) is 5.29. The second-order valence-electron chi connectivity index (χ2n) is 6.45. The minimum Gasteiger partial charge on any atom is -0.340 e. The lowest BCUT2D eigenvalue weighted by Crippen LogP contribution is -2.68. The van der Waals surface area contributed by atoms with Crippen LogP contribution in [0.25, 0.3) is 0 Å². The van der Waals surface area contributed by atoms with Crippen molar-refractivity contribution >= 4 is 11.8 Å². The lowest BCUT2D eigenvalue weighted by atomic mass is 9.86. The molecule has 1 saturated carbocycles. The Balaban J connectivity index is 2.25. The third kappa shape index (κ3) is 2.70. The number of hydrogen-bond acceptors (Lipinski definition) is 2. The van der Waals surface area contributed by atoms with Crippen LogP contribution in [0.3, 0.4) is 0 Å². The minimum atomic E-state index is -0.665. The molecule has 0 aromatic heterocycles. The summed E-state index contributed by atoms with van der Waals surface area (Å²) in [4.78, 5) is 26.9. The van der Waals surface area contributed by atoms with Gasteiger partial charge in [0.25, 0.3) is 0 Å². The van der Waals surface area contributed by atoms with Gasteiger partial charge in [-0.05, 0) is 31.6 Å². The number of rotatable bonds is 3. The highest BCUT2D eigenvalue weighted by Crippen LogP contribution is 2.31. The number of nitrogens with one attached hydrogen (secondary N) is 1. The zero-order valence-corrected chi connectivity index (χ0v) is 13.1. The van der Waals surface area contributed by atoms with E-state index in [0.717, 1.165) is 6.42 Å². The van der Waals surface area contributed by atoms with Gasteiger partial charge in [-0.25, -0.2) is 0 Å². The van der Waals surface area contributed by atoms with E-state index in [-0.39, 0.29) is 24.4 Å². The standard InChI is InChI=1S/C16H28N2O2/c1-4-16(5-2)15(20)18(11-14(19)17-16)13-10-8-6-7-9-12(13)3/h12-13H,4-11H2,1-3H3,(H,17,19). The van der Waals surface area contributed by atoms with Gasteiger partial charge >= 0.3 is 0 Å². The van der Waals surface area contributed by atoms with Gasteiger partial charge in [-0.3, -0.25) is 9.59 Å². The molecule has 0 spiro atoms. The van der Waals surface area contributed by atoms with Gasteiger partial charge in [0.05, 0.1) is 6.54 Å². The summed E-state index contributed by atoms with van der Waals surface area (Å²) in [7, 11) is 0. The highest BCUT2D eigenvalue weighted by Gasteiger charge is 2.46. The predicted octanol–water partition coefficient (Wildman–Crippen LogP) is 2.47. The zero-order valence-electron chi connectivity index (χ0n) is 13.1. The van der Waals surface area contributed by atoms with Crippen molar-refractivity contribution in [2.24, 2.45) is 5.92 Å². The normalized spacial score (nSPS) is 30.9. The van der Waals surface area contributed by atoms with Gasteiger partial charge in [-0.1, -0.05) is 40.0 Å². The van der Waals surface area contributed by atoms with Crippen molar-refractivity contribution in [3.8, 4) is 0 Å². The molecule has 0 radical (unpaired) electrons. The SMILES string of the molecule is CCC1(CC)NC(=O)CN(C2CCCCCC2C)C1=O. The first-order valence-electron chi connectivity index (χ1n) is 8.16. The number of carbonyl (C=O) groups is 2. The molecule has 0 bridgehead atoms. The summed E-state index contributed by atoms with van der Waals surface area (Å²) in [6.07, 6.45) is 7.23. The Labute approximate surface area is 122 Å². The largest absolute Gasteiger partial charge is 0.340 e. The average Bonchev–Trinajstić information content (AvgIpc) is 2.66. The number of nitrogens with zero attached hydrogens (tertiary/aromatic N) is 1. The summed E-state index contributed by atoms with van der Waals surface area (Å²) in [5.41, 5.74) is -0.665. The molecule has 2 atom stereocenters. The Bertz CT molecular complexity index is 377. The number of amides is 2. The second-order valence-corrected chi connectivity index (χ2v) is 6.45. The number of hydrogen-bond donors (Lipinski definition) is 1. The first kappa shape index (κ1) is 15.3. The van der Waals surface area contributed by atoms with Crippen LogP contribution in [0, 0.1) is 5.92 Å². The van der Waals surface area contributed by atoms with Crippen LogP contribution in [0.1, 0.15) is 65.7 Å². The summed E-state index contributed by atoms with van der Waals surface area (Å²) in [6, 6.07) is 0.244. The molecule has 1 saturated heterocycles. The van der Waals surface area contributed by atoms with Gasteiger partial charge < -0.3 is 10.2 Å². The van der Waals surface area contributed by atoms with Gasteiger partial charge in [0, 0.05) is 6.04 Å². The summed E-state index contributed by atoms with van der Waals surface area (Å²) in [6.45, 7) is 6.45. The van der Waals surface area contributed by atoms with Crippen LogP contribution in [0.4, 0.5) is 0 Å². The fourth-order valence-corrected chi connectivity index (χ4v) is 3.79. The van der Waals surface area contributed by atoms with Gasteiger partial charge in [0.15, 0.2) is 0 Å². The molecule has 2 rings (SSSR count). The number of piperazine rings is 1. The minimum absolute atomic E-state index is 0.00440. The van der Waals surface area contributed by atoms with Crippen molar-refractivity contribution in [2.45, 2.75) is 77.3 Å². The molecule has 0 aromatic carbocycles. The van der Waals surface area contributed by atoms with Crippen LogP contribution < -0.4 is 5.32 Å². The molecule has 20 heavy (non-hydrogen) atoms. The number of carbonyl (C=O) groups excluding carboxylic acids is 2. The summed E-state index contributed by atoms with van der Waals surface area (Å²) >= 11 is 0. The molecule has 1 aliphatic heterocycles. The van der Waals surface area contributed by atoms with Crippen LogP contribution in [0.15, 0.2) is 0 Å². The van der Waals surface area contributed by atoms with E-state index in [4.69, 9.17) is 0 Å². The lowest BCUT2D eigenvalue weighted by molar-refractivity contribution is -0.154. The molecular weight excluding hydrogens is 252 g/mol. The maximum atomic E-state index is 12.9. The fourth-order valence-electron chi connectivity index (χ4n) is 3.79. The average molecular weight is 280 g/mol. The first-order chi connectivity index (χ1) is 9.54. The van der Waals surface area contributed by atoms with Gasteiger partial charge in [-0.15, -0.1) is 0 Å². The lowest BCUT2D eigenvalue weighted by Gasteiger charge is -2.45. The smallest absolute Gasteiger partial charge is 0.249 e. The monoisotopic (exact) mass is 280 g/mol. The topological polar surface area (TPSA) is 49.4 Å². The molecule has 2 unspecified atom stereocenters. The van der Waals surface area contributed by atoms with E-state index in [1.807, 2.05) is 18.7 Å². The van der Waals surface area contributed by atoms with Crippen LogP contribution in [-0.4, -0.2) is 34.8 Å². The van der Waals surface area contributed by atoms with E-state index < -0.39 is 5.54 Å². The van der Waals surface area contributed by atoms with Gasteiger partial charge in [0.2, 0.25) is 11.8 Å². The van der Waals surface area contributed by atoms with Gasteiger partial charge in [0.1, 0.15) is 5.54 Å². The van der Waals surface area contributed by atoms with E-state index in [0.29, 0.717) is 18.8 Å². The van der Waals surface area contributed by atoms with Crippen molar-refractivity contribution in [1.82, 2.24) is 10.2 Å². The molecular formula is C16H28N2O2. The van der Waals surface area contributed by atoms with Crippen molar-refractivity contribution in [2.75, 3.05) is 6.54 Å². The molecule has 2 fully saturated rings. The Morgan fingerprint density at radius 1 is 1.15 bits per heavy atom. The van der Waals surface area contributed by atoms with E-state index in [9.17, 15) is 9.59 Å². The first-order valence-corrected chi connectivity index (χ1v) is 8.16. The molecule has 2 amide bonds. The molecule has 114 valence electrons. The quantitative estimate of drug-likeness (QED) is 0.807. The van der Waals surface area contributed by atoms with E-state index >= 15 is 0 Å². The summed E-state index contributed by atoms with van der Waals surface area (Å²) in [5.74, 6) is 0.643. The van der Waals surface area contributed by atoms with Crippen LogP contribution >= 0.6 is 0 Å². The zero-order chi connectivity index (χ0) is 14.8. The van der Waals surface area contributed by atoms with Gasteiger partial charge in [-0.2, -0.15) is 0 Å². The van der Waals surface area contributed by atoms with Crippen molar-refractivity contribution in [3.63, 3.8) is 0 Å². The fraction of sp³-hybridized carbons (Fsp3) is 0.875. The maximum Gasteiger partial charge on any atom is 0.249 e. The highest BCUT2D eigenvalue weighted by molar-refractivity contribution is 5.98. The molecule has 1 heterocycles. The second kappa shape index (κ2) is 6.15. The van der Waals surface area contributed by atoms with Crippen molar-refractivity contribution in [3.05, 3.63) is 0 Å². The van der Waals surface area contributed by atoms with Crippen LogP contribution in [0.5, 0.6) is 0 Å².